The van der Waals surface area contributed by atoms with Gasteiger partial charge >= 0.3 is 12.1 Å². The van der Waals surface area contributed by atoms with Crippen molar-refractivity contribution in [3.63, 3.8) is 0 Å². The van der Waals surface area contributed by atoms with Crippen LogP contribution in [0.3, 0.4) is 0 Å². The average Bonchev–Trinajstić information content (AvgIpc) is 2.58. The van der Waals surface area contributed by atoms with E-state index in [1.54, 1.807) is 5.32 Å². The maximum Gasteiger partial charge on any atom is 0.426 e. The van der Waals surface area contributed by atoms with E-state index in [1.807, 2.05) is 0 Å². The molecule has 0 spiro atoms. The number of carbonyl (C=O) groups excluding carboxylic acids is 2. The zero-order valence-corrected chi connectivity index (χ0v) is 14.5. The fourth-order valence-corrected chi connectivity index (χ4v) is 1.92. The van der Waals surface area contributed by atoms with Crippen LogP contribution in [0.1, 0.15) is 18.9 Å². The molecule has 3 N–H and O–H groups in total. The van der Waals surface area contributed by atoms with Crippen LogP contribution < -0.4 is 5.32 Å². The van der Waals surface area contributed by atoms with Crippen LogP contribution in [0.15, 0.2) is 24.3 Å². The van der Waals surface area contributed by atoms with Crippen LogP contribution in [0.2, 0.25) is 0 Å². The Morgan fingerprint density at radius 3 is 2.07 bits per heavy atom. The Balaban J connectivity index is 2.92. The molecule has 0 saturated heterocycles. The summed E-state index contributed by atoms with van der Waals surface area (Å²) >= 11 is 0. The number of aliphatic hydroxyl groups is 2. The maximum atomic E-state index is 14.2. The van der Waals surface area contributed by atoms with E-state index >= 15 is 0 Å². The quantitative estimate of drug-likeness (QED) is 0.612. The van der Waals surface area contributed by atoms with Crippen molar-refractivity contribution in [1.29, 1.82) is 0 Å². The number of hydrogen-bond acceptors (Lipinski definition) is 4. The molecule has 1 aromatic carbocycles. The first-order valence-corrected chi connectivity index (χ1v) is 7.70. The Labute approximate surface area is 151 Å². The van der Waals surface area contributed by atoms with Gasteiger partial charge in [-0.25, -0.2) is 0 Å². The third kappa shape index (κ3) is 5.13. The van der Waals surface area contributed by atoms with Crippen molar-refractivity contribution in [3.8, 4) is 0 Å². The molecule has 1 unspecified atom stereocenters. The number of likely N-dealkylation sites (N-methyl/N-ethyl adjacent to an activating group) is 1. The van der Waals surface area contributed by atoms with E-state index in [-0.39, 0.29) is 32.2 Å². The van der Waals surface area contributed by atoms with E-state index in [0.29, 0.717) is 0 Å². The zero-order valence-electron chi connectivity index (χ0n) is 14.5. The third-order valence-electron chi connectivity index (χ3n) is 3.77. The predicted octanol–water partition coefficient (Wildman–Crippen LogP) is 1.87. The van der Waals surface area contributed by atoms with Gasteiger partial charge in [0.2, 0.25) is 5.60 Å². The van der Waals surface area contributed by atoms with Crippen molar-refractivity contribution in [2.75, 3.05) is 25.5 Å². The highest BCUT2D eigenvalue weighted by atomic mass is 19.4. The first-order chi connectivity index (χ1) is 12.2. The van der Waals surface area contributed by atoms with Gasteiger partial charge in [0.15, 0.2) is 0 Å². The lowest BCUT2D eigenvalue weighted by molar-refractivity contribution is -0.242. The number of halogens is 5. The molecule has 0 aliphatic heterocycles. The molecule has 0 saturated carbocycles. The lowest BCUT2D eigenvalue weighted by Crippen LogP contribution is -2.52. The summed E-state index contributed by atoms with van der Waals surface area (Å²) in [6, 6.07) is 3.31. The molecule has 0 radical (unpaired) electrons. The molecule has 0 aliphatic carbocycles. The molecule has 0 aliphatic rings. The van der Waals surface area contributed by atoms with Gasteiger partial charge in [-0.1, -0.05) is 12.1 Å². The van der Waals surface area contributed by atoms with Gasteiger partial charge in [-0.2, -0.15) is 22.0 Å². The van der Waals surface area contributed by atoms with Crippen molar-refractivity contribution >= 4 is 17.5 Å². The molecule has 2 amide bonds. The van der Waals surface area contributed by atoms with Gasteiger partial charge in [0.25, 0.3) is 11.8 Å². The van der Waals surface area contributed by atoms with E-state index in [4.69, 9.17) is 5.11 Å². The average molecular weight is 398 g/mol. The monoisotopic (exact) mass is 398 g/mol. The molecule has 1 rings (SSSR count). The number of nitrogens with one attached hydrogen (secondary N) is 1. The summed E-state index contributed by atoms with van der Waals surface area (Å²) in [6.07, 6.45) is -5.11. The second kappa shape index (κ2) is 8.17. The molecule has 0 bridgehead atoms. The van der Waals surface area contributed by atoms with Crippen LogP contribution in [0, 0.1) is 0 Å². The second-order valence-electron chi connectivity index (χ2n) is 5.98. The lowest BCUT2D eigenvalue weighted by atomic mass is 10.0. The Kier molecular flexibility index (Phi) is 6.89. The number of anilines is 1. The van der Waals surface area contributed by atoms with Gasteiger partial charge in [-0.15, -0.1) is 0 Å². The Bertz CT molecular complexity index is 674. The lowest BCUT2D eigenvalue weighted by Gasteiger charge is -2.25. The number of rotatable bonds is 7. The molecule has 1 atom stereocenters. The molecule has 11 heteroatoms. The second-order valence-corrected chi connectivity index (χ2v) is 5.98. The summed E-state index contributed by atoms with van der Waals surface area (Å²) < 4.78 is 66.3. The first-order valence-electron chi connectivity index (χ1n) is 7.70. The molecular formula is C16H19F5N2O4. The normalized spacial score (nSPS) is 14.4. The molecule has 1 aromatic rings. The number of nitrogens with zero attached hydrogens (tertiary/aromatic N) is 1. The number of alkyl halides is 5. The maximum absolute atomic E-state index is 14.2. The van der Waals surface area contributed by atoms with Gasteiger partial charge in [-0.05, 0) is 25.5 Å². The van der Waals surface area contributed by atoms with Crippen LogP contribution in [0.25, 0.3) is 0 Å². The van der Waals surface area contributed by atoms with Crippen LogP contribution in [0.4, 0.5) is 27.6 Å². The van der Waals surface area contributed by atoms with E-state index in [9.17, 15) is 36.6 Å². The minimum Gasteiger partial charge on any atom is -0.396 e. The molecule has 0 aromatic heterocycles. The summed E-state index contributed by atoms with van der Waals surface area (Å²) in [5.74, 6) is -7.22. The standard InChI is InChI=1S/C16H19F5N2O4/c1-14(27,16(19,20)21)12(25)22-11-6-4-10(5-7-11)15(17,18)13(26)23(2)8-3-9-24/h4-7,24,27H,3,8-9H2,1-2H3,(H,22,25). The fraction of sp³-hybridized carbons (Fsp3) is 0.500. The predicted molar refractivity (Wildman–Crippen MR) is 85.0 cm³/mol. The highest BCUT2D eigenvalue weighted by Gasteiger charge is 2.55. The van der Waals surface area contributed by atoms with Gasteiger partial charge < -0.3 is 20.4 Å². The highest BCUT2D eigenvalue weighted by Crippen LogP contribution is 2.33. The van der Waals surface area contributed by atoms with Gasteiger partial charge in [0.1, 0.15) is 0 Å². The number of benzene rings is 1. The zero-order chi connectivity index (χ0) is 21.0. The summed E-state index contributed by atoms with van der Waals surface area (Å²) in [5, 5.41) is 19.7. The summed E-state index contributed by atoms with van der Waals surface area (Å²) in [5.41, 5.74) is -4.67. The SMILES string of the molecule is CN(CCCO)C(=O)C(F)(F)c1ccc(NC(=O)C(C)(O)C(F)(F)F)cc1. The van der Waals surface area contributed by atoms with Crippen molar-refractivity contribution in [2.24, 2.45) is 0 Å². The first kappa shape index (κ1) is 22.8. The fourth-order valence-electron chi connectivity index (χ4n) is 1.92. The summed E-state index contributed by atoms with van der Waals surface area (Å²) in [4.78, 5) is 24.1. The Morgan fingerprint density at radius 1 is 1.11 bits per heavy atom. The van der Waals surface area contributed by atoms with Crippen molar-refractivity contribution in [3.05, 3.63) is 29.8 Å². The van der Waals surface area contributed by atoms with E-state index in [1.165, 1.54) is 0 Å². The number of aliphatic hydroxyl groups excluding tert-OH is 1. The molecular weight excluding hydrogens is 379 g/mol. The van der Waals surface area contributed by atoms with Gasteiger partial charge in [0, 0.05) is 31.5 Å². The molecule has 152 valence electrons. The largest absolute Gasteiger partial charge is 0.426 e. The Morgan fingerprint density at radius 2 is 1.63 bits per heavy atom. The van der Waals surface area contributed by atoms with Crippen molar-refractivity contribution in [1.82, 2.24) is 4.90 Å². The van der Waals surface area contributed by atoms with Crippen LogP contribution >= 0.6 is 0 Å². The molecule has 6 nitrogen and oxygen atoms in total. The van der Waals surface area contributed by atoms with Gasteiger partial charge in [0.05, 0.1) is 0 Å². The van der Waals surface area contributed by atoms with Crippen LogP contribution in [0.5, 0.6) is 0 Å². The van der Waals surface area contributed by atoms with Crippen LogP contribution in [-0.4, -0.2) is 58.9 Å². The van der Waals surface area contributed by atoms with E-state index in [0.717, 1.165) is 36.2 Å². The van der Waals surface area contributed by atoms with E-state index < -0.39 is 35.1 Å². The molecule has 0 fully saturated rings. The number of amides is 2. The number of hydrogen-bond donors (Lipinski definition) is 3. The number of carbonyl (C=O) groups is 2. The van der Waals surface area contributed by atoms with Crippen molar-refractivity contribution < 1.29 is 41.8 Å². The minimum absolute atomic E-state index is 0.0917. The van der Waals surface area contributed by atoms with E-state index in [2.05, 4.69) is 0 Å². The third-order valence-corrected chi connectivity index (χ3v) is 3.77. The molecule has 0 heterocycles. The summed E-state index contributed by atoms with van der Waals surface area (Å²) in [6.45, 7) is -0.114. The van der Waals surface area contributed by atoms with Gasteiger partial charge in [-0.3, -0.25) is 9.59 Å². The van der Waals surface area contributed by atoms with Crippen LogP contribution in [-0.2, 0) is 15.5 Å². The Hall–Kier alpha value is -2.27. The molecule has 27 heavy (non-hydrogen) atoms. The van der Waals surface area contributed by atoms with Crippen molar-refractivity contribution in [2.45, 2.75) is 31.0 Å². The minimum atomic E-state index is -5.23. The summed E-state index contributed by atoms with van der Waals surface area (Å²) in [7, 11) is 1.14. The topological polar surface area (TPSA) is 89.9 Å². The highest BCUT2D eigenvalue weighted by molar-refractivity contribution is 5.97. The smallest absolute Gasteiger partial charge is 0.396 e.